The van der Waals surface area contributed by atoms with Crippen molar-refractivity contribution in [3.63, 3.8) is 0 Å². The van der Waals surface area contributed by atoms with Crippen LogP contribution in [0.3, 0.4) is 0 Å². The Labute approximate surface area is 26.9 Å². The summed E-state index contributed by atoms with van der Waals surface area (Å²) in [6, 6.07) is 0. The lowest BCUT2D eigenvalue weighted by molar-refractivity contribution is 0.569. The molecule has 0 saturated carbocycles. The number of hydrogen-bond acceptors (Lipinski definition) is 1. The fraction of sp³-hybridized carbons (Fsp3) is 0. The zero-order valence-corrected chi connectivity index (χ0v) is 1.62. The molecule has 0 N–H and O–H groups in total. The van der Waals surface area contributed by atoms with Crippen molar-refractivity contribution in [3.8, 4) is 0 Å². The average Bonchev–Trinajstić information content (AvgIpc) is 0.918. The molecular formula is C2H5BO. The summed E-state index contributed by atoms with van der Waals surface area (Å²) in [4.78, 5) is 8.57. The molecule has 2 heteroatoms. The van der Waals surface area contributed by atoms with Gasteiger partial charge < -0.3 is 0 Å². The van der Waals surface area contributed by atoms with Crippen LogP contribution in [-0.4, -0.2) is 14.4 Å². The molecule has 0 rings (SSSR count). The van der Waals surface area contributed by atoms with Crippen molar-refractivity contribution in [3.05, 3.63) is 6.58 Å². The van der Waals surface area contributed by atoms with Gasteiger partial charge in [-0.3, -0.25) is 0 Å². The Kier molecular flexibility index (Phi) is 52.7. The van der Waals surface area contributed by atoms with Crippen LogP contribution >= 0.6 is 0 Å². The Hall–Kier alpha value is -0.485. The lowest BCUT2D eigenvalue weighted by Gasteiger charge is -1.02. The largest absolute Gasteiger partial charge is 0.234 e. The van der Waals surface area contributed by atoms with E-state index in [9.17, 15) is 0 Å². The van der Waals surface area contributed by atoms with E-state index in [1.807, 2.05) is 0 Å². The number of hydrogen-bond donors (Lipinski definition) is 0. The molecule has 0 fully saturated rings. The van der Waals surface area contributed by atoms with E-state index in [1.54, 1.807) is 0 Å². The van der Waals surface area contributed by atoms with Crippen LogP contribution in [-0.2, 0) is 4.79 Å². The van der Waals surface area contributed by atoms with Crippen LogP contribution in [0, 0.1) is 0 Å². The van der Waals surface area contributed by atoms with E-state index in [0.717, 1.165) is 0 Å². The van der Waals surface area contributed by atoms with Gasteiger partial charge in [-0.2, -0.15) is 0 Å². The number of rotatable bonds is 0. The first-order chi connectivity index (χ1) is 1.41. The van der Waals surface area contributed by atoms with Crippen LogP contribution in [0.1, 0.15) is 0 Å². The van der Waals surface area contributed by atoms with Crippen LogP contribution < -0.4 is 0 Å². The van der Waals surface area contributed by atoms with Gasteiger partial charge in [0.25, 0.3) is 0 Å². The predicted molar refractivity (Wildman–Crippen MR) is 21.3 cm³/mol. The molecule has 0 aromatic carbocycles. The Balaban J connectivity index is 0. The second-order valence-corrected chi connectivity index (χ2v) is 0.144. The van der Waals surface area contributed by atoms with Crippen molar-refractivity contribution in [1.29, 1.82) is 0 Å². The van der Waals surface area contributed by atoms with Gasteiger partial charge in [-0.05, 0) is 6.58 Å². The van der Waals surface area contributed by atoms with Crippen LogP contribution in [0.4, 0.5) is 0 Å². The smallest absolute Gasteiger partial charge is 0.116 e. The Morgan fingerprint density at radius 3 is 1.75 bits per heavy atom. The lowest BCUT2D eigenvalue weighted by atomic mass is 10.8. The molecule has 0 aliphatic carbocycles. The molecule has 22 valence electrons. The summed E-state index contributed by atoms with van der Waals surface area (Å²) in [6.45, 7) is 2.68. The van der Waals surface area contributed by atoms with Crippen molar-refractivity contribution in [2.75, 3.05) is 0 Å². The molecule has 0 spiro atoms. The topological polar surface area (TPSA) is 17.1 Å². The monoisotopic (exact) mass is 56.0 g/mol. The average molecular weight is 55.9 g/mol. The Morgan fingerprint density at radius 2 is 1.75 bits per heavy atom. The van der Waals surface area contributed by atoms with Crippen molar-refractivity contribution in [2.45, 2.75) is 0 Å². The van der Waals surface area contributed by atoms with Crippen molar-refractivity contribution in [1.82, 2.24) is 0 Å². The minimum absolute atomic E-state index is 0. The van der Waals surface area contributed by atoms with Crippen LogP contribution in [0.5, 0.6) is 0 Å². The third-order valence-corrected chi connectivity index (χ3v) is 0. The third-order valence-electron chi connectivity index (χ3n) is 0. The van der Waals surface area contributed by atoms with Gasteiger partial charge in [0.05, 0.1) is 8.41 Å². The summed E-state index contributed by atoms with van der Waals surface area (Å²) >= 11 is 0. The molecule has 0 unspecified atom stereocenters. The van der Waals surface area contributed by atoms with Gasteiger partial charge in [-0.25, -0.2) is 4.79 Å². The van der Waals surface area contributed by atoms with Gasteiger partial charge in [0.15, 0.2) is 0 Å². The molecule has 0 radical (unpaired) electrons. The summed E-state index contributed by atoms with van der Waals surface area (Å²) in [6.07, 6.45) is 0. The van der Waals surface area contributed by atoms with E-state index >= 15 is 0 Å². The summed E-state index contributed by atoms with van der Waals surface area (Å²) in [5.74, 6) is 1.25. The van der Waals surface area contributed by atoms with Crippen molar-refractivity contribution >= 4 is 14.4 Å². The van der Waals surface area contributed by atoms with Gasteiger partial charge in [0, 0.05) is 0 Å². The fourth-order valence-electron chi connectivity index (χ4n) is 0. The zero-order valence-electron chi connectivity index (χ0n) is 1.62. The van der Waals surface area contributed by atoms with Gasteiger partial charge in [-0.1, -0.05) is 0 Å². The van der Waals surface area contributed by atoms with Gasteiger partial charge in [0.2, 0.25) is 0 Å². The highest BCUT2D eigenvalue weighted by molar-refractivity contribution is 5.75. The predicted octanol–water partition coefficient (Wildman–Crippen LogP) is -1.18. The quantitative estimate of drug-likeness (QED) is 0.252. The Morgan fingerprint density at radius 1 is 1.75 bits per heavy atom. The maximum absolute atomic E-state index is 8.57. The first-order valence-corrected chi connectivity index (χ1v) is 0.558. The SMILES string of the molecule is B.C=C=O. The molecule has 0 aromatic heterocycles. The van der Waals surface area contributed by atoms with Crippen molar-refractivity contribution < 1.29 is 4.79 Å². The highest BCUT2D eigenvalue weighted by atomic mass is 16.1. The first kappa shape index (κ1) is 9.69. The van der Waals surface area contributed by atoms with Crippen LogP contribution in [0.25, 0.3) is 0 Å². The van der Waals surface area contributed by atoms with E-state index in [2.05, 4.69) is 6.58 Å². The third kappa shape index (κ3) is 1.71. The molecule has 0 bridgehead atoms. The molecule has 0 atom stereocenters. The summed E-state index contributed by atoms with van der Waals surface area (Å²) in [5.41, 5.74) is 0. The fourth-order valence-corrected chi connectivity index (χ4v) is 0. The molecule has 0 heterocycles. The van der Waals surface area contributed by atoms with Gasteiger partial charge >= 0.3 is 0 Å². The minimum Gasteiger partial charge on any atom is -0.234 e. The normalized spacial score (nSPS) is 2.00. The maximum atomic E-state index is 8.57. The first-order valence-electron chi connectivity index (χ1n) is 0.558. The molecule has 0 aliphatic rings. The lowest BCUT2D eigenvalue weighted by Crippen LogP contribution is -1.15. The van der Waals surface area contributed by atoms with E-state index in [1.165, 1.54) is 5.94 Å². The van der Waals surface area contributed by atoms with Gasteiger partial charge in [-0.15, -0.1) is 0 Å². The maximum Gasteiger partial charge on any atom is 0.116 e. The Bertz CT molecular complexity index is 27.0. The molecule has 0 saturated heterocycles. The van der Waals surface area contributed by atoms with Crippen LogP contribution in [0.2, 0.25) is 0 Å². The van der Waals surface area contributed by atoms with Gasteiger partial charge in [0.1, 0.15) is 5.94 Å². The minimum atomic E-state index is 0. The van der Waals surface area contributed by atoms with E-state index in [0.29, 0.717) is 0 Å². The van der Waals surface area contributed by atoms with E-state index in [4.69, 9.17) is 4.79 Å². The molecular weight excluding hydrogens is 50.8 g/mol. The molecule has 0 amide bonds. The zero-order chi connectivity index (χ0) is 2.71. The summed E-state index contributed by atoms with van der Waals surface area (Å²) in [7, 11) is 0. The van der Waals surface area contributed by atoms with E-state index in [-0.39, 0.29) is 8.41 Å². The molecule has 4 heavy (non-hydrogen) atoms. The highest BCUT2D eigenvalue weighted by Crippen LogP contribution is 0.894. The molecule has 0 aliphatic heterocycles. The summed E-state index contributed by atoms with van der Waals surface area (Å²) in [5, 5.41) is 0. The number of carbonyl (C=O) groups excluding carboxylic acids is 1. The summed E-state index contributed by atoms with van der Waals surface area (Å²) < 4.78 is 0. The second-order valence-electron chi connectivity index (χ2n) is 0.144. The van der Waals surface area contributed by atoms with Crippen molar-refractivity contribution in [2.24, 2.45) is 0 Å². The van der Waals surface area contributed by atoms with Crippen LogP contribution in [0.15, 0.2) is 6.58 Å². The molecule has 0 aromatic rings. The van der Waals surface area contributed by atoms with E-state index < -0.39 is 0 Å². The second kappa shape index (κ2) is 21.8. The highest BCUT2D eigenvalue weighted by Gasteiger charge is 1.01. The molecule has 1 nitrogen and oxygen atoms in total. The standard InChI is InChI=1S/C2H2O.BH3/c1-2-3;/h1H2;1H3.